The molecule has 6 nitrogen and oxygen atoms in total. The van der Waals surface area contributed by atoms with Crippen molar-refractivity contribution in [3.8, 4) is 0 Å². The molecule has 1 spiro atoms. The molecule has 1 aromatic heterocycles. The molecular weight excluding hydrogens is 340 g/mol. The molecule has 0 saturated carbocycles. The number of aromatic nitrogens is 2. The van der Waals surface area contributed by atoms with Crippen LogP contribution >= 0.6 is 0 Å². The number of nitrogens with zero attached hydrogens (tertiary/aromatic N) is 3. The van der Waals surface area contributed by atoms with Gasteiger partial charge in [0.25, 0.3) is 0 Å². The van der Waals surface area contributed by atoms with Gasteiger partial charge in [0.15, 0.2) is 5.79 Å². The fraction of sp³-hybridized carbons (Fsp3) is 0.524. The van der Waals surface area contributed by atoms with E-state index in [0.717, 1.165) is 49.1 Å². The highest BCUT2D eigenvalue weighted by Crippen LogP contribution is 2.33. The molecule has 2 aromatic rings. The van der Waals surface area contributed by atoms with E-state index in [1.165, 1.54) is 5.56 Å². The van der Waals surface area contributed by atoms with Gasteiger partial charge in [-0.1, -0.05) is 32.0 Å². The molecule has 1 N–H and O–H groups in total. The summed E-state index contributed by atoms with van der Waals surface area (Å²) in [5.41, 5.74) is 2.38. The van der Waals surface area contributed by atoms with Crippen molar-refractivity contribution in [1.82, 2.24) is 9.97 Å². The maximum Gasteiger partial charge on any atom is 0.171 e. The molecule has 0 radical (unpaired) electrons. The third kappa shape index (κ3) is 3.92. The number of anilines is 3. The Bertz CT molecular complexity index is 793. The number of ether oxygens (including phenoxy) is 2. The number of nitrogens with one attached hydrogen (secondary N) is 1. The molecule has 0 amide bonds. The van der Waals surface area contributed by atoms with E-state index in [4.69, 9.17) is 9.47 Å². The highest BCUT2D eigenvalue weighted by molar-refractivity contribution is 5.63. The molecule has 2 aliphatic heterocycles. The number of hydrogen-bond donors (Lipinski definition) is 1. The summed E-state index contributed by atoms with van der Waals surface area (Å²) in [4.78, 5) is 11.6. The topological polar surface area (TPSA) is 59.5 Å². The average Bonchev–Trinajstić information content (AvgIpc) is 3.10. The predicted octanol–water partition coefficient (Wildman–Crippen LogP) is 4.00. The van der Waals surface area contributed by atoms with Crippen molar-refractivity contribution in [3.63, 3.8) is 0 Å². The lowest BCUT2D eigenvalue weighted by Crippen LogP contribution is -2.45. The van der Waals surface area contributed by atoms with Crippen molar-refractivity contribution in [1.29, 1.82) is 0 Å². The Labute approximate surface area is 160 Å². The van der Waals surface area contributed by atoms with E-state index < -0.39 is 0 Å². The van der Waals surface area contributed by atoms with Crippen molar-refractivity contribution in [2.45, 2.75) is 45.3 Å². The van der Waals surface area contributed by atoms with Crippen molar-refractivity contribution >= 4 is 17.3 Å². The lowest BCUT2D eigenvalue weighted by atomic mass is 10.0. The molecule has 0 bridgehead atoms. The van der Waals surface area contributed by atoms with Crippen molar-refractivity contribution in [2.75, 3.05) is 36.5 Å². The van der Waals surface area contributed by atoms with Crippen LogP contribution in [0.1, 0.15) is 44.0 Å². The molecule has 0 unspecified atom stereocenters. The van der Waals surface area contributed by atoms with Gasteiger partial charge in [0.2, 0.25) is 0 Å². The number of rotatable bonds is 4. The maximum atomic E-state index is 5.83. The zero-order valence-corrected chi connectivity index (χ0v) is 16.4. The monoisotopic (exact) mass is 368 g/mol. The Balaban J connectivity index is 1.52. The van der Waals surface area contributed by atoms with Crippen LogP contribution in [0.3, 0.4) is 0 Å². The highest BCUT2D eigenvalue weighted by Gasteiger charge is 2.40. The van der Waals surface area contributed by atoms with E-state index in [-0.39, 0.29) is 5.79 Å². The fourth-order valence-electron chi connectivity index (χ4n) is 3.89. The number of aryl methyl sites for hydroxylation is 1. The Morgan fingerprint density at radius 3 is 2.48 bits per heavy atom. The maximum absolute atomic E-state index is 5.83. The van der Waals surface area contributed by atoms with E-state index in [9.17, 15) is 0 Å². The molecule has 27 heavy (non-hydrogen) atoms. The van der Waals surface area contributed by atoms with Crippen molar-refractivity contribution in [3.05, 3.63) is 41.7 Å². The summed E-state index contributed by atoms with van der Waals surface area (Å²) in [6.07, 6.45) is 1.74. The number of benzene rings is 1. The van der Waals surface area contributed by atoms with Crippen LogP contribution in [0.25, 0.3) is 0 Å². The van der Waals surface area contributed by atoms with Gasteiger partial charge in [0, 0.05) is 37.7 Å². The largest absolute Gasteiger partial charge is 0.356 e. The summed E-state index contributed by atoms with van der Waals surface area (Å²) in [7, 11) is 0. The first kappa shape index (κ1) is 18.2. The second-order valence-corrected chi connectivity index (χ2v) is 7.62. The van der Waals surface area contributed by atoms with Crippen LogP contribution in [0, 0.1) is 6.92 Å². The van der Waals surface area contributed by atoms with Gasteiger partial charge in [-0.15, -0.1) is 0 Å². The van der Waals surface area contributed by atoms with Crippen molar-refractivity contribution < 1.29 is 9.47 Å². The molecule has 3 heterocycles. The summed E-state index contributed by atoms with van der Waals surface area (Å²) < 4.78 is 11.7. The average molecular weight is 368 g/mol. The normalized spacial score (nSPS) is 19.0. The minimum atomic E-state index is -0.365. The smallest absolute Gasteiger partial charge is 0.171 e. The van der Waals surface area contributed by atoms with Crippen LogP contribution < -0.4 is 10.2 Å². The first-order chi connectivity index (χ1) is 13.0. The van der Waals surface area contributed by atoms with Gasteiger partial charge in [-0.05, 0) is 24.5 Å². The Morgan fingerprint density at radius 1 is 1.07 bits per heavy atom. The van der Waals surface area contributed by atoms with E-state index in [0.29, 0.717) is 19.1 Å². The fourth-order valence-corrected chi connectivity index (χ4v) is 3.89. The van der Waals surface area contributed by atoms with E-state index in [2.05, 4.69) is 58.3 Å². The zero-order chi connectivity index (χ0) is 18.9. The summed E-state index contributed by atoms with van der Waals surface area (Å²) in [5, 5.41) is 3.50. The second kappa shape index (κ2) is 7.44. The Hall–Kier alpha value is -2.18. The van der Waals surface area contributed by atoms with Gasteiger partial charge in [-0.25, -0.2) is 9.97 Å². The first-order valence-electron chi connectivity index (χ1n) is 9.79. The van der Waals surface area contributed by atoms with E-state index >= 15 is 0 Å². The van der Waals surface area contributed by atoms with Gasteiger partial charge < -0.3 is 19.7 Å². The predicted molar refractivity (Wildman–Crippen MR) is 107 cm³/mol. The number of hydrogen-bond acceptors (Lipinski definition) is 6. The van der Waals surface area contributed by atoms with E-state index in [1.54, 1.807) is 0 Å². The molecule has 1 aromatic carbocycles. The minimum absolute atomic E-state index is 0.365. The van der Waals surface area contributed by atoms with Crippen LogP contribution in [0.5, 0.6) is 0 Å². The lowest BCUT2D eigenvalue weighted by molar-refractivity contribution is -0.169. The van der Waals surface area contributed by atoms with Gasteiger partial charge in [-0.3, -0.25) is 0 Å². The molecular formula is C21H28N4O2. The van der Waals surface area contributed by atoms with Crippen molar-refractivity contribution in [2.24, 2.45) is 0 Å². The van der Waals surface area contributed by atoms with Crippen LogP contribution in [0.4, 0.5) is 17.3 Å². The second-order valence-electron chi connectivity index (χ2n) is 7.62. The summed E-state index contributed by atoms with van der Waals surface area (Å²) in [6, 6.07) is 10.4. The summed E-state index contributed by atoms with van der Waals surface area (Å²) >= 11 is 0. The molecule has 2 saturated heterocycles. The zero-order valence-electron chi connectivity index (χ0n) is 16.4. The molecule has 144 valence electrons. The number of piperidine rings is 1. The Morgan fingerprint density at radius 2 is 1.78 bits per heavy atom. The quantitative estimate of drug-likeness (QED) is 0.880. The molecule has 0 aliphatic carbocycles. The molecule has 2 aliphatic rings. The van der Waals surface area contributed by atoms with Gasteiger partial charge in [0.05, 0.1) is 13.2 Å². The lowest BCUT2D eigenvalue weighted by Gasteiger charge is -2.38. The SMILES string of the molecule is Cc1nc(Nc2ccccc2C(C)C)cc(N2CCC3(CC2)OCCO3)n1. The van der Waals surface area contributed by atoms with E-state index in [1.807, 2.05) is 13.0 Å². The molecule has 2 fully saturated rings. The van der Waals surface area contributed by atoms with Crippen LogP contribution in [-0.4, -0.2) is 42.1 Å². The van der Waals surface area contributed by atoms with Crippen LogP contribution in [-0.2, 0) is 9.47 Å². The van der Waals surface area contributed by atoms with Gasteiger partial charge in [0.1, 0.15) is 17.5 Å². The summed E-state index contributed by atoms with van der Waals surface area (Å²) in [5.74, 6) is 2.64. The van der Waals surface area contributed by atoms with Crippen LogP contribution in [0.2, 0.25) is 0 Å². The van der Waals surface area contributed by atoms with Crippen LogP contribution in [0.15, 0.2) is 30.3 Å². The molecule has 4 rings (SSSR count). The standard InChI is InChI=1S/C21H28N4O2/c1-15(2)17-6-4-5-7-18(17)24-19-14-20(23-16(3)22-19)25-10-8-21(9-11-25)26-12-13-27-21/h4-7,14-15H,8-13H2,1-3H3,(H,22,23,24). The first-order valence-corrected chi connectivity index (χ1v) is 9.79. The molecule has 0 atom stereocenters. The number of para-hydroxylation sites is 1. The minimum Gasteiger partial charge on any atom is -0.356 e. The molecule has 6 heteroatoms. The van der Waals surface area contributed by atoms with Gasteiger partial charge in [-0.2, -0.15) is 0 Å². The third-order valence-corrected chi connectivity index (χ3v) is 5.33. The highest BCUT2D eigenvalue weighted by atomic mass is 16.7. The summed E-state index contributed by atoms with van der Waals surface area (Å²) in [6.45, 7) is 9.50. The third-order valence-electron chi connectivity index (χ3n) is 5.33. The Kier molecular flexibility index (Phi) is 5.02. The van der Waals surface area contributed by atoms with Gasteiger partial charge >= 0.3 is 0 Å².